The second-order valence-corrected chi connectivity index (χ2v) is 17.1. The maximum atomic E-state index is 12.7. The van der Waals surface area contributed by atoms with Crippen molar-refractivity contribution in [2.45, 2.75) is 219 Å². The third-order valence-electron chi connectivity index (χ3n) is 10.0. The van der Waals surface area contributed by atoms with Crippen molar-refractivity contribution >= 4 is 19.8 Å². The van der Waals surface area contributed by atoms with E-state index in [1.807, 2.05) is 0 Å². The van der Waals surface area contributed by atoms with Gasteiger partial charge in [-0.25, -0.2) is 4.57 Å². The van der Waals surface area contributed by atoms with E-state index in [0.717, 1.165) is 96.6 Å². The van der Waals surface area contributed by atoms with Gasteiger partial charge < -0.3 is 25.4 Å². The second-order valence-electron chi connectivity index (χ2n) is 15.7. The van der Waals surface area contributed by atoms with Crippen LogP contribution in [0.2, 0.25) is 0 Å². The third-order valence-corrected chi connectivity index (χ3v) is 11.0. The lowest BCUT2D eigenvalue weighted by Gasteiger charge is -2.20. The van der Waals surface area contributed by atoms with Crippen molar-refractivity contribution in [1.29, 1.82) is 0 Å². The average molecular weight is 829 g/mol. The predicted molar refractivity (Wildman–Crippen MR) is 237 cm³/mol. The summed E-state index contributed by atoms with van der Waals surface area (Å²) in [6, 6.07) is 0. The molecule has 0 saturated heterocycles. The molecule has 0 saturated carbocycles. The highest BCUT2D eigenvalue weighted by Crippen LogP contribution is 2.43. The van der Waals surface area contributed by atoms with E-state index >= 15 is 0 Å². The number of unbranched alkanes of at least 4 members (excludes halogenated alkanes) is 24. The zero-order valence-corrected chi connectivity index (χ0v) is 37.8. The van der Waals surface area contributed by atoms with Crippen LogP contribution in [-0.4, -0.2) is 62.4 Å². The summed E-state index contributed by atoms with van der Waals surface area (Å²) in [5.74, 6) is -0.818. The molecule has 0 radical (unpaired) electrons. The van der Waals surface area contributed by atoms with Gasteiger partial charge in [0.05, 0.1) is 13.2 Å². The van der Waals surface area contributed by atoms with Crippen LogP contribution < -0.4 is 11.1 Å². The molecule has 2 unspecified atom stereocenters. The topological polar surface area (TPSA) is 146 Å². The zero-order valence-electron chi connectivity index (χ0n) is 36.9. The molecule has 0 amide bonds. The molecule has 0 bridgehead atoms. The predicted octanol–water partition coefficient (Wildman–Crippen LogP) is 12.4. The van der Waals surface area contributed by atoms with Crippen molar-refractivity contribution in [2.75, 3.05) is 39.5 Å². The van der Waals surface area contributed by atoms with E-state index in [1.165, 1.54) is 89.9 Å². The van der Waals surface area contributed by atoms with E-state index in [2.05, 4.69) is 43.5 Å². The monoisotopic (exact) mass is 829 g/mol. The Labute approximate surface area is 350 Å². The van der Waals surface area contributed by atoms with Gasteiger partial charge in [0.2, 0.25) is 0 Å². The first-order valence-corrected chi connectivity index (χ1v) is 25.0. The van der Waals surface area contributed by atoms with Crippen molar-refractivity contribution in [2.24, 2.45) is 5.73 Å². The van der Waals surface area contributed by atoms with Gasteiger partial charge >= 0.3 is 19.8 Å². The maximum absolute atomic E-state index is 12.7. The number of carbonyl (C=O) groups excluding carboxylic acids is 2. The number of nitrogens with one attached hydrogen (secondary N) is 1. The van der Waals surface area contributed by atoms with E-state index in [1.54, 1.807) is 0 Å². The maximum Gasteiger partial charge on any atom is 0.472 e. The summed E-state index contributed by atoms with van der Waals surface area (Å²) in [5.41, 5.74) is 5.47. The van der Waals surface area contributed by atoms with Crippen LogP contribution in [0.3, 0.4) is 0 Å². The minimum Gasteiger partial charge on any atom is -0.462 e. The van der Waals surface area contributed by atoms with Crippen LogP contribution in [0.5, 0.6) is 0 Å². The van der Waals surface area contributed by atoms with E-state index in [-0.39, 0.29) is 32.0 Å². The van der Waals surface area contributed by atoms with Crippen LogP contribution in [0.1, 0.15) is 213 Å². The molecule has 57 heavy (non-hydrogen) atoms. The minimum atomic E-state index is -4.38. The van der Waals surface area contributed by atoms with Gasteiger partial charge in [-0.3, -0.25) is 18.6 Å². The lowest BCUT2D eigenvalue weighted by Crippen LogP contribution is -2.29. The van der Waals surface area contributed by atoms with Gasteiger partial charge in [0.15, 0.2) is 6.10 Å². The summed E-state index contributed by atoms with van der Waals surface area (Å²) >= 11 is 0. The number of hydrogen-bond acceptors (Lipinski definition) is 9. The number of hydrogen-bond donors (Lipinski definition) is 3. The van der Waals surface area contributed by atoms with Crippen molar-refractivity contribution < 1.29 is 37.6 Å². The van der Waals surface area contributed by atoms with E-state index < -0.39 is 26.5 Å². The third kappa shape index (κ3) is 43.8. The summed E-state index contributed by atoms with van der Waals surface area (Å²) in [6.07, 6.45) is 41.6. The molecule has 0 aliphatic carbocycles. The summed E-state index contributed by atoms with van der Waals surface area (Å²) < 4.78 is 33.9. The average Bonchev–Trinajstić information content (AvgIpc) is 3.19. The normalized spacial score (nSPS) is 13.4. The van der Waals surface area contributed by atoms with Gasteiger partial charge in [0, 0.05) is 25.9 Å². The van der Waals surface area contributed by atoms with E-state index in [0.29, 0.717) is 19.4 Å². The summed E-state index contributed by atoms with van der Waals surface area (Å²) in [4.78, 5) is 35.5. The number of ether oxygens (including phenoxy) is 2. The van der Waals surface area contributed by atoms with Crippen LogP contribution in [0.25, 0.3) is 0 Å². The van der Waals surface area contributed by atoms with Gasteiger partial charge in [-0.05, 0) is 90.0 Å². The first-order chi connectivity index (χ1) is 27.8. The van der Waals surface area contributed by atoms with Crippen molar-refractivity contribution in [3.05, 3.63) is 24.3 Å². The Bertz CT molecular complexity index is 995. The molecule has 0 heterocycles. The zero-order chi connectivity index (χ0) is 41.8. The molecule has 0 aromatic rings. The number of phosphoric ester groups is 1. The van der Waals surface area contributed by atoms with Crippen LogP contribution in [0.4, 0.5) is 0 Å². The standard InChI is InChI=1S/C46H89N2O8P/c1-3-5-7-9-11-13-15-17-19-21-23-25-27-29-32-36-45(49)53-42-44(43-55-57(51,52)54-41-35-31-34-39-48-40-38-47)56-46(50)37-33-30-28-26-24-22-20-18-16-14-12-10-8-6-4-2/h17-20,44,48H,3-16,21-43,47H2,1-2H3,(H,51,52)/b19-17-,20-18-. The molecule has 336 valence electrons. The van der Waals surface area contributed by atoms with Crippen molar-refractivity contribution in [3.8, 4) is 0 Å². The molecule has 0 rings (SSSR count). The molecule has 0 aromatic carbocycles. The Balaban J connectivity index is 4.43. The molecule has 4 N–H and O–H groups in total. The molecular formula is C46H89N2O8P. The Morgan fingerprint density at radius 2 is 1.00 bits per heavy atom. The molecule has 10 nitrogen and oxygen atoms in total. The fraction of sp³-hybridized carbons (Fsp3) is 0.870. The number of esters is 2. The quantitative estimate of drug-likeness (QED) is 0.0235. The van der Waals surface area contributed by atoms with Gasteiger partial charge in [-0.1, -0.05) is 141 Å². The Morgan fingerprint density at radius 3 is 1.49 bits per heavy atom. The smallest absolute Gasteiger partial charge is 0.462 e. The van der Waals surface area contributed by atoms with Crippen molar-refractivity contribution in [1.82, 2.24) is 5.32 Å². The fourth-order valence-corrected chi connectivity index (χ4v) is 7.24. The van der Waals surface area contributed by atoms with E-state index in [9.17, 15) is 19.0 Å². The number of rotatable bonds is 45. The molecule has 0 fully saturated rings. The molecule has 0 aliphatic heterocycles. The van der Waals surface area contributed by atoms with E-state index in [4.69, 9.17) is 24.3 Å². The summed E-state index contributed by atoms with van der Waals surface area (Å²) in [7, 11) is -4.38. The number of allylic oxidation sites excluding steroid dienone is 4. The molecule has 2 atom stereocenters. The van der Waals surface area contributed by atoms with Crippen LogP contribution in [0.15, 0.2) is 24.3 Å². The number of nitrogens with two attached hydrogens (primary N) is 1. The first-order valence-electron chi connectivity index (χ1n) is 23.5. The van der Waals surface area contributed by atoms with Crippen LogP contribution >= 0.6 is 7.82 Å². The fourth-order valence-electron chi connectivity index (χ4n) is 6.45. The van der Waals surface area contributed by atoms with Gasteiger partial charge in [-0.2, -0.15) is 0 Å². The van der Waals surface area contributed by atoms with Gasteiger partial charge in [-0.15, -0.1) is 0 Å². The van der Waals surface area contributed by atoms with Crippen molar-refractivity contribution in [3.63, 3.8) is 0 Å². The highest BCUT2D eigenvalue weighted by Gasteiger charge is 2.26. The molecule has 0 aromatic heterocycles. The molecule has 11 heteroatoms. The number of phosphoric acid groups is 1. The van der Waals surface area contributed by atoms with Crippen LogP contribution in [-0.2, 0) is 32.7 Å². The Kier molecular flexibility index (Phi) is 42.8. The lowest BCUT2D eigenvalue weighted by atomic mass is 10.1. The largest absolute Gasteiger partial charge is 0.472 e. The lowest BCUT2D eigenvalue weighted by molar-refractivity contribution is -0.161. The SMILES string of the molecule is CCCCCCCC/C=C\CCCCCCCC(=O)OCC(COP(=O)(O)OCCCCCNCCN)OC(=O)CCCCCCC/C=C\CCCCCCCC. The van der Waals surface area contributed by atoms with Gasteiger partial charge in [0.1, 0.15) is 6.61 Å². The number of carbonyl (C=O) groups is 2. The highest BCUT2D eigenvalue weighted by molar-refractivity contribution is 7.47. The Morgan fingerprint density at radius 1 is 0.561 bits per heavy atom. The van der Waals surface area contributed by atoms with Crippen LogP contribution in [0, 0.1) is 0 Å². The first kappa shape index (κ1) is 55.5. The molecule has 0 spiro atoms. The highest BCUT2D eigenvalue weighted by atomic mass is 31.2. The molecule has 0 aliphatic rings. The minimum absolute atomic E-state index is 0.0650. The van der Waals surface area contributed by atoms with Gasteiger partial charge in [0.25, 0.3) is 0 Å². The molecular weight excluding hydrogens is 739 g/mol. The second kappa shape index (κ2) is 44.0. The Hall–Kier alpha value is -1.55. The summed E-state index contributed by atoms with van der Waals surface area (Å²) in [6.45, 7) is 6.08. The summed E-state index contributed by atoms with van der Waals surface area (Å²) in [5, 5.41) is 3.21.